The molecular formula is C17H23IO5. The van der Waals surface area contributed by atoms with Gasteiger partial charge in [-0.15, -0.1) is 0 Å². The number of halogens is 1. The predicted molar refractivity (Wildman–Crippen MR) is 96.5 cm³/mol. The fraction of sp³-hybridized carbons (Fsp3) is 0.471. The standard InChI is InChI=1S/C17H23IO5/c1-4-6-9-21-13(3)23-17(19)15-12-14(18)7-8-16(15)22-11-10-20-5-2/h5,7-8,12-13H,2,4,6,9-11H2,1,3H3. The zero-order valence-corrected chi connectivity index (χ0v) is 15.7. The highest BCUT2D eigenvalue weighted by Gasteiger charge is 2.18. The van der Waals surface area contributed by atoms with Gasteiger partial charge in [0.05, 0.1) is 12.9 Å². The van der Waals surface area contributed by atoms with Gasteiger partial charge in [0.25, 0.3) is 0 Å². The van der Waals surface area contributed by atoms with E-state index in [-0.39, 0.29) is 0 Å². The van der Waals surface area contributed by atoms with E-state index in [2.05, 4.69) is 36.1 Å². The average molecular weight is 434 g/mol. The molecule has 1 rings (SSSR count). The van der Waals surface area contributed by atoms with Gasteiger partial charge in [-0.25, -0.2) is 4.79 Å². The third-order valence-electron chi connectivity index (χ3n) is 2.86. The van der Waals surface area contributed by atoms with Crippen LogP contribution in [0.4, 0.5) is 0 Å². The lowest BCUT2D eigenvalue weighted by molar-refractivity contribution is -0.0986. The second-order valence-electron chi connectivity index (χ2n) is 4.72. The van der Waals surface area contributed by atoms with E-state index in [0.29, 0.717) is 31.1 Å². The third-order valence-corrected chi connectivity index (χ3v) is 3.53. The second kappa shape index (κ2) is 11.3. The van der Waals surface area contributed by atoms with Crippen LogP contribution in [-0.4, -0.2) is 32.1 Å². The fourth-order valence-corrected chi connectivity index (χ4v) is 2.20. The Hall–Kier alpha value is -1.28. The van der Waals surface area contributed by atoms with Crippen molar-refractivity contribution in [2.75, 3.05) is 19.8 Å². The van der Waals surface area contributed by atoms with Crippen LogP contribution in [0, 0.1) is 3.57 Å². The molecule has 0 spiro atoms. The molecule has 1 atom stereocenters. The summed E-state index contributed by atoms with van der Waals surface area (Å²) in [4.78, 5) is 12.3. The van der Waals surface area contributed by atoms with Gasteiger partial charge in [0.1, 0.15) is 24.5 Å². The van der Waals surface area contributed by atoms with Crippen molar-refractivity contribution in [1.29, 1.82) is 0 Å². The first kappa shape index (κ1) is 19.8. The van der Waals surface area contributed by atoms with Crippen molar-refractivity contribution in [2.24, 2.45) is 0 Å². The molecule has 0 aliphatic carbocycles. The summed E-state index contributed by atoms with van der Waals surface area (Å²) < 4.78 is 22.3. The lowest BCUT2D eigenvalue weighted by Gasteiger charge is -2.16. The summed E-state index contributed by atoms with van der Waals surface area (Å²) >= 11 is 2.14. The van der Waals surface area contributed by atoms with E-state index in [1.54, 1.807) is 19.1 Å². The first-order valence-electron chi connectivity index (χ1n) is 7.56. The van der Waals surface area contributed by atoms with Crippen LogP contribution >= 0.6 is 22.6 Å². The van der Waals surface area contributed by atoms with Crippen molar-refractivity contribution in [3.8, 4) is 5.75 Å². The quantitative estimate of drug-likeness (QED) is 0.172. The molecule has 0 bridgehead atoms. The van der Waals surface area contributed by atoms with Crippen LogP contribution in [0.2, 0.25) is 0 Å². The van der Waals surface area contributed by atoms with Crippen molar-refractivity contribution in [3.05, 3.63) is 40.2 Å². The van der Waals surface area contributed by atoms with Crippen LogP contribution in [0.5, 0.6) is 5.75 Å². The number of unbranched alkanes of at least 4 members (excludes halogenated alkanes) is 1. The average Bonchev–Trinajstić information content (AvgIpc) is 2.52. The lowest BCUT2D eigenvalue weighted by atomic mass is 10.2. The fourth-order valence-electron chi connectivity index (χ4n) is 1.71. The SMILES string of the molecule is C=COCCOc1ccc(I)cc1C(=O)OC(C)OCCCC. The summed E-state index contributed by atoms with van der Waals surface area (Å²) in [5, 5.41) is 0. The maximum atomic E-state index is 12.3. The van der Waals surface area contributed by atoms with Crippen molar-refractivity contribution in [1.82, 2.24) is 0 Å². The van der Waals surface area contributed by atoms with Crippen LogP contribution < -0.4 is 4.74 Å². The normalized spacial score (nSPS) is 11.6. The molecule has 0 radical (unpaired) electrons. The van der Waals surface area contributed by atoms with Crippen LogP contribution in [0.15, 0.2) is 31.0 Å². The van der Waals surface area contributed by atoms with Crippen LogP contribution in [0.25, 0.3) is 0 Å². The summed E-state index contributed by atoms with van der Waals surface area (Å²) in [7, 11) is 0. The van der Waals surface area contributed by atoms with Gasteiger partial charge in [-0.05, 0) is 54.1 Å². The monoisotopic (exact) mass is 434 g/mol. The molecule has 0 amide bonds. The van der Waals surface area contributed by atoms with E-state index in [1.807, 2.05) is 6.07 Å². The minimum Gasteiger partial charge on any atom is -0.498 e. The van der Waals surface area contributed by atoms with Crippen molar-refractivity contribution in [3.63, 3.8) is 0 Å². The first-order chi connectivity index (χ1) is 11.1. The summed E-state index contributed by atoms with van der Waals surface area (Å²) in [6.07, 6.45) is 2.72. The van der Waals surface area contributed by atoms with Crippen LogP contribution in [0.3, 0.4) is 0 Å². The third kappa shape index (κ3) is 7.69. The zero-order chi connectivity index (χ0) is 17.1. The summed E-state index contributed by atoms with van der Waals surface area (Å²) in [5.41, 5.74) is 0.376. The Kier molecular flexibility index (Phi) is 9.70. The molecule has 0 fully saturated rings. The summed E-state index contributed by atoms with van der Waals surface area (Å²) in [5.74, 6) is -0.00371. The zero-order valence-electron chi connectivity index (χ0n) is 13.5. The Labute approximate surface area is 151 Å². The highest BCUT2D eigenvalue weighted by molar-refractivity contribution is 14.1. The van der Waals surface area contributed by atoms with E-state index >= 15 is 0 Å². The Morgan fingerprint density at radius 2 is 2.13 bits per heavy atom. The molecule has 0 saturated carbocycles. The maximum Gasteiger partial charge on any atom is 0.344 e. The van der Waals surface area contributed by atoms with Crippen molar-refractivity contribution in [2.45, 2.75) is 33.0 Å². The number of esters is 1. The van der Waals surface area contributed by atoms with E-state index in [1.165, 1.54) is 6.26 Å². The van der Waals surface area contributed by atoms with Crippen LogP contribution in [-0.2, 0) is 14.2 Å². The number of benzene rings is 1. The highest BCUT2D eigenvalue weighted by Crippen LogP contribution is 2.23. The van der Waals surface area contributed by atoms with Gasteiger partial charge in [-0.1, -0.05) is 19.9 Å². The topological polar surface area (TPSA) is 54.0 Å². The van der Waals surface area contributed by atoms with Crippen molar-refractivity contribution < 1.29 is 23.7 Å². The van der Waals surface area contributed by atoms with E-state index < -0.39 is 12.3 Å². The molecular weight excluding hydrogens is 411 g/mol. The van der Waals surface area contributed by atoms with Gasteiger partial charge < -0.3 is 18.9 Å². The van der Waals surface area contributed by atoms with Crippen molar-refractivity contribution >= 4 is 28.6 Å². The molecule has 0 aliphatic rings. The highest BCUT2D eigenvalue weighted by atomic mass is 127. The molecule has 1 unspecified atom stereocenters. The number of hydrogen-bond donors (Lipinski definition) is 0. The molecule has 128 valence electrons. The van der Waals surface area contributed by atoms with Gasteiger partial charge in [0.2, 0.25) is 0 Å². The molecule has 1 aromatic carbocycles. The molecule has 0 aliphatic heterocycles. The van der Waals surface area contributed by atoms with Crippen LogP contribution in [0.1, 0.15) is 37.0 Å². The number of hydrogen-bond acceptors (Lipinski definition) is 5. The summed E-state index contributed by atoms with van der Waals surface area (Å²) in [6, 6.07) is 5.34. The van der Waals surface area contributed by atoms with E-state index in [9.17, 15) is 4.79 Å². The maximum absolute atomic E-state index is 12.3. The predicted octanol–water partition coefficient (Wildman–Crippen LogP) is 4.15. The van der Waals surface area contributed by atoms with Gasteiger partial charge in [0.15, 0.2) is 6.29 Å². The molecule has 5 nitrogen and oxygen atoms in total. The van der Waals surface area contributed by atoms with E-state index in [0.717, 1.165) is 16.4 Å². The van der Waals surface area contributed by atoms with Gasteiger partial charge in [0, 0.05) is 3.57 Å². The Morgan fingerprint density at radius 1 is 1.35 bits per heavy atom. The number of carbonyl (C=O) groups is 1. The number of carbonyl (C=O) groups excluding carboxylic acids is 1. The summed E-state index contributed by atoms with van der Waals surface area (Å²) in [6.45, 7) is 8.49. The minimum absolute atomic E-state index is 0.315. The molecule has 0 N–H and O–H groups in total. The largest absolute Gasteiger partial charge is 0.498 e. The van der Waals surface area contributed by atoms with Gasteiger partial charge in [-0.2, -0.15) is 0 Å². The first-order valence-corrected chi connectivity index (χ1v) is 8.63. The molecule has 1 aromatic rings. The number of ether oxygens (including phenoxy) is 4. The Morgan fingerprint density at radius 3 is 2.83 bits per heavy atom. The number of rotatable bonds is 11. The van der Waals surface area contributed by atoms with E-state index in [4.69, 9.17) is 18.9 Å². The molecule has 0 aromatic heterocycles. The Balaban J connectivity index is 2.66. The lowest BCUT2D eigenvalue weighted by Crippen LogP contribution is -2.20. The second-order valence-corrected chi connectivity index (χ2v) is 5.97. The minimum atomic E-state index is -0.594. The Bertz CT molecular complexity index is 504. The molecule has 23 heavy (non-hydrogen) atoms. The van der Waals surface area contributed by atoms with Gasteiger partial charge in [-0.3, -0.25) is 0 Å². The molecule has 6 heteroatoms. The smallest absolute Gasteiger partial charge is 0.344 e. The molecule has 0 heterocycles. The van der Waals surface area contributed by atoms with Gasteiger partial charge >= 0.3 is 5.97 Å². The molecule has 0 saturated heterocycles.